The van der Waals surface area contributed by atoms with Crippen LogP contribution in [0.25, 0.3) is 22.6 Å². The van der Waals surface area contributed by atoms with E-state index in [9.17, 15) is 8.42 Å². The Morgan fingerprint density at radius 3 is 2.46 bits per heavy atom. The van der Waals surface area contributed by atoms with E-state index < -0.39 is 15.6 Å². The van der Waals surface area contributed by atoms with Crippen molar-refractivity contribution in [3.05, 3.63) is 84.5 Å². The SMILES string of the molecule is COC1(c2cncc(OCC#Cc3nc(-c4ccccc4)c(-c4ccc(S(N)(=O)=O)cc4)o3)c2)CCOCC1. The third kappa shape index (κ3) is 6.02. The Morgan fingerprint density at radius 1 is 1.03 bits per heavy atom. The number of pyridine rings is 1. The van der Waals surface area contributed by atoms with Crippen molar-refractivity contribution in [2.45, 2.75) is 23.3 Å². The van der Waals surface area contributed by atoms with Gasteiger partial charge in [-0.1, -0.05) is 36.3 Å². The van der Waals surface area contributed by atoms with Crippen molar-refractivity contribution < 1.29 is 27.0 Å². The topological polar surface area (TPSA) is 127 Å². The molecule has 0 bridgehead atoms. The Morgan fingerprint density at radius 2 is 1.77 bits per heavy atom. The number of hydrogen-bond donors (Lipinski definition) is 1. The molecule has 9 nitrogen and oxygen atoms in total. The first-order valence-electron chi connectivity index (χ1n) is 12.3. The lowest BCUT2D eigenvalue weighted by Crippen LogP contribution is -2.35. The molecule has 1 fully saturated rings. The second kappa shape index (κ2) is 11.4. The highest BCUT2D eigenvalue weighted by atomic mass is 32.2. The van der Waals surface area contributed by atoms with Crippen LogP contribution in [0.2, 0.25) is 0 Å². The molecule has 0 radical (unpaired) electrons. The van der Waals surface area contributed by atoms with E-state index in [4.69, 9.17) is 23.8 Å². The number of nitrogens with zero attached hydrogens (tertiary/aromatic N) is 2. The largest absolute Gasteiger partial charge is 0.479 e. The number of sulfonamides is 1. The predicted octanol–water partition coefficient (Wildman–Crippen LogP) is 4.13. The van der Waals surface area contributed by atoms with Gasteiger partial charge in [0.25, 0.3) is 5.89 Å². The van der Waals surface area contributed by atoms with Crippen molar-refractivity contribution in [3.8, 4) is 40.2 Å². The number of methoxy groups -OCH3 is 1. The van der Waals surface area contributed by atoms with Crippen molar-refractivity contribution in [1.82, 2.24) is 9.97 Å². The van der Waals surface area contributed by atoms with E-state index in [1.165, 1.54) is 12.1 Å². The van der Waals surface area contributed by atoms with Gasteiger partial charge < -0.3 is 18.6 Å². The van der Waals surface area contributed by atoms with Crippen LogP contribution >= 0.6 is 0 Å². The van der Waals surface area contributed by atoms with Gasteiger partial charge in [-0.2, -0.15) is 0 Å². The average molecular weight is 546 g/mol. The normalized spacial score (nSPS) is 14.8. The highest BCUT2D eigenvalue weighted by Gasteiger charge is 2.35. The minimum Gasteiger partial charge on any atom is -0.479 e. The smallest absolute Gasteiger partial charge is 0.274 e. The van der Waals surface area contributed by atoms with Gasteiger partial charge in [0.1, 0.15) is 18.1 Å². The van der Waals surface area contributed by atoms with Crippen molar-refractivity contribution in [3.63, 3.8) is 0 Å². The zero-order valence-electron chi connectivity index (χ0n) is 21.3. The second-order valence-electron chi connectivity index (χ2n) is 8.94. The fraction of sp³-hybridized carbons (Fsp3) is 0.241. The molecule has 0 amide bonds. The van der Waals surface area contributed by atoms with E-state index in [2.05, 4.69) is 21.8 Å². The number of hydrogen-bond acceptors (Lipinski definition) is 8. The summed E-state index contributed by atoms with van der Waals surface area (Å²) in [5, 5.41) is 5.23. The van der Waals surface area contributed by atoms with Crippen LogP contribution in [-0.4, -0.2) is 45.3 Å². The molecule has 0 aliphatic carbocycles. The average Bonchev–Trinajstić information content (AvgIpc) is 3.40. The molecule has 1 aliphatic heterocycles. The van der Waals surface area contributed by atoms with Gasteiger partial charge in [0.05, 0.1) is 16.7 Å². The third-order valence-corrected chi connectivity index (χ3v) is 7.49. The molecule has 2 aromatic heterocycles. The van der Waals surface area contributed by atoms with Crippen molar-refractivity contribution in [1.29, 1.82) is 0 Å². The van der Waals surface area contributed by atoms with Gasteiger partial charge in [0, 0.05) is 56.1 Å². The summed E-state index contributed by atoms with van der Waals surface area (Å²) in [6, 6.07) is 17.5. The standard InChI is InChI=1S/C29H27N3O6S/c1-35-29(13-16-36-17-14-29)23-18-24(20-31-19-23)37-15-5-8-26-32-27(21-6-3-2-4-7-21)28(38-26)22-9-11-25(12-10-22)39(30,33)34/h2-4,6-7,9-12,18-20H,13-17H2,1H3,(H2,30,33,34). The Balaban J connectivity index is 1.36. The van der Waals surface area contributed by atoms with E-state index in [0.717, 1.165) is 24.0 Å². The van der Waals surface area contributed by atoms with Crippen LogP contribution in [0.3, 0.4) is 0 Å². The van der Waals surface area contributed by atoms with Crippen LogP contribution in [-0.2, 0) is 25.1 Å². The predicted molar refractivity (Wildman–Crippen MR) is 144 cm³/mol. The molecule has 0 unspecified atom stereocenters. The number of aromatic nitrogens is 2. The minimum absolute atomic E-state index is 0.0102. The number of nitrogens with two attached hydrogens (primary N) is 1. The van der Waals surface area contributed by atoms with Crippen LogP contribution in [0.4, 0.5) is 0 Å². The summed E-state index contributed by atoms with van der Waals surface area (Å²) in [5.41, 5.74) is 2.56. The Kier molecular flexibility index (Phi) is 7.77. The number of ether oxygens (including phenoxy) is 3. The number of rotatable bonds is 7. The monoisotopic (exact) mass is 545 g/mol. The van der Waals surface area contributed by atoms with Crippen LogP contribution < -0.4 is 9.88 Å². The van der Waals surface area contributed by atoms with Crippen LogP contribution in [0.15, 0.2) is 82.4 Å². The molecule has 4 aromatic rings. The summed E-state index contributed by atoms with van der Waals surface area (Å²) < 4.78 is 46.5. The third-order valence-electron chi connectivity index (χ3n) is 6.56. The molecule has 200 valence electrons. The molecule has 0 atom stereocenters. The molecular weight excluding hydrogens is 518 g/mol. The zero-order valence-corrected chi connectivity index (χ0v) is 22.1. The molecule has 2 aromatic carbocycles. The lowest BCUT2D eigenvalue weighted by atomic mass is 9.87. The summed E-state index contributed by atoms with van der Waals surface area (Å²) in [5.74, 6) is 7.11. The molecule has 0 saturated carbocycles. The molecule has 3 heterocycles. The van der Waals surface area contributed by atoms with E-state index in [1.54, 1.807) is 31.6 Å². The van der Waals surface area contributed by atoms with E-state index in [-0.39, 0.29) is 17.4 Å². The zero-order chi connectivity index (χ0) is 27.3. The maximum absolute atomic E-state index is 11.6. The van der Waals surface area contributed by atoms with Crippen molar-refractivity contribution >= 4 is 10.0 Å². The first-order valence-corrected chi connectivity index (χ1v) is 13.8. The van der Waals surface area contributed by atoms with Crippen molar-refractivity contribution in [2.75, 3.05) is 26.9 Å². The molecule has 10 heteroatoms. The number of oxazole rings is 1. The first-order chi connectivity index (χ1) is 18.9. The molecular formula is C29H27N3O6S. The fourth-order valence-electron chi connectivity index (χ4n) is 4.45. The number of benzene rings is 2. The first kappa shape index (κ1) is 26.6. The summed E-state index contributed by atoms with van der Waals surface area (Å²) in [4.78, 5) is 8.92. The fourth-order valence-corrected chi connectivity index (χ4v) is 4.96. The Bertz CT molecular complexity index is 1600. The summed E-state index contributed by atoms with van der Waals surface area (Å²) in [6.45, 7) is 1.35. The van der Waals surface area contributed by atoms with Gasteiger partial charge in [-0.3, -0.25) is 4.98 Å². The van der Waals surface area contributed by atoms with Crippen LogP contribution in [0.1, 0.15) is 24.3 Å². The molecule has 39 heavy (non-hydrogen) atoms. The highest BCUT2D eigenvalue weighted by Crippen LogP contribution is 2.36. The van der Waals surface area contributed by atoms with E-state index in [0.29, 0.717) is 36.0 Å². The van der Waals surface area contributed by atoms with Crippen LogP contribution in [0, 0.1) is 11.8 Å². The molecule has 0 spiro atoms. The van der Waals surface area contributed by atoms with Gasteiger partial charge in [-0.05, 0) is 36.3 Å². The van der Waals surface area contributed by atoms with Crippen molar-refractivity contribution in [2.24, 2.45) is 5.14 Å². The van der Waals surface area contributed by atoms with E-state index >= 15 is 0 Å². The van der Waals surface area contributed by atoms with Gasteiger partial charge in [0.15, 0.2) is 5.76 Å². The summed E-state index contributed by atoms with van der Waals surface area (Å²) in [7, 11) is -2.11. The lowest BCUT2D eigenvalue weighted by molar-refractivity contribution is -0.0950. The van der Waals surface area contributed by atoms with Gasteiger partial charge in [-0.25, -0.2) is 18.5 Å². The second-order valence-corrected chi connectivity index (χ2v) is 10.5. The molecule has 5 rings (SSSR count). The molecule has 1 aliphatic rings. The lowest BCUT2D eigenvalue weighted by Gasteiger charge is -2.36. The Hall–Kier alpha value is -4.01. The number of primary sulfonamides is 1. The van der Waals surface area contributed by atoms with Gasteiger partial charge in [-0.15, -0.1) is 0 Å². The summed E-state index contributed by atoms with van der Waals surface area (Å²) >= 11 is 0. The van der Waals surface area contributed by atoms with Gasteiger partial charge >= 0.3 is 0 Å². The maximum Gasteiger partial charge on any atom is 0.274 e. The van der Waals surface area contributed by atoms with Crippen LogP contribution in [0.5, 0.6) is 5.75 Å². The molecule has 1 saturated heterocycles. The minimum atomic E-state index is -3.81. The quantitative estimate of drug-likeness (QED) is 0.344. The maximum atomic E-state index is 11.6. The summed E-state index contributed by atoms with van der Waals surface area (Å²) in [6.07, 6.45) is 4.92. The highest BCUT2D eigenvalue weighted by molar-refractivity contribution is 7.89. The Labute approximate surface area is 227 Å². The van der Waals surface area contributed by atoms with Gasteiger partial charge in [0.2, 0.25) is 10.0 Å². The molecule has 2 N–H and O–H groups in total. The van der Waals surface area contributed by atoms with E-state index in [1.807, 2.05) is 36.4 Å².